The van der Waals surface area contributed by atoms with Crippen LogP contribution in [-0.4, -0.2) is 44.2 Å². The Bertz CT molecular complexity index is 703. The molecule has 0 spiro atoms. The molecule has 0 bridgehead atoms. The summed E-state index contributed by atoms with van der Waals surface area (Å²) in [6, 6.07) is 0. The molecule has 0 saturated heterocycles. The Hall–Kier alpha value is -1.74. The highest BCUT2D eigenvalue weighted by Crippen LogP contribution is 2.46. The Labute approximate surface area is 186 Å². The molecule has 6 nitrogen and oxygen atoms in total. The van der Waals surface area contributed by atoms with Crippen LogP contribution in [0.2, 0.25) is 0 Å². The summed E-state index contributed by atoms with van der Waals surface area (Å²) < 4.78 is 0. The van der Waals surface area contributed by atoms with Gasteiger partial charge in [-0.3, -0.25) is 19.2 Å². The van der Waals surface area contributed by atoms with Crippen LogP contribution in [0.3, 0.4) is 0 Å². The first-order valence-corrected chi connectivity index (χ1v) is 11.2. The van der Waals surface area contributed by atoms with Crippen molar-refractivity contribution >= 4 is 44.7 Å². The fourth-order valence-electron chi connectivity index (χ4n) is 2.73. The Morgan fingerprint density at radius 1 is 0.600 bits per heavy atom. The summed E-state index contributed by atoms with van der Waals surface area (Å²) in [5.41, 5.74) is -6.77. The van der Waals surface area contributed by atoms with Gasteiger partial charge in [-0.2, -0.15) is 0 Å². The topological polar surface area (TPSA) is 109 Å². The molecule has 0 aliphatic heterocycles. The molecular formula is C22H30O6S2. The van der Waals surface area contributed by atoms with Gasteiger partial charge < -0.3 is 10.2 Å². The maximum atomic E-state index is 12.7. The van der Waals surface area contributed by atoms with Gasteiger partial charge in [-0.15, -0.1) is 0 Å². The molecule has 2 unspecified atom stereocenters. The minimum atomic E-state index is -1.90. The zero-order valence-corrected chi connectivity index (χ0v) is 20.0. The largest absolute Gasteiger partial charge is 0.380 e. The van der Waals surface area contributed by atoms with Crippen LogP contribution in [0.5, 0.6) is 0 Å². The number of Topliss-reactive ketones (excluding diaryl/α,β-unsaturated/α-hetero) is 4. The average Bonchev–Trinajstić information content (AvgIpc) is 2.67. The summed E-state index contributed by atoms with van der Waals surface area (Å²) in [6.45, 7) is 22.4. The van der Waals surface area contributed by atoms with Gasteiger partial charge in [-0.05, 0) is 63.8 Å². The lowest BCUT2D eigenvalue weighted by atomic mass is 9.77. The smallest absolute Gasteiger partial charge is 0.175 e. The molecule has 0 saturated carbocycles. The van der Waals surface area contributed by atoms with Crippen LogP contribution in [0.1, 0.15) is 41.5 Å². The monoisotopic (exact) mass is 454 g/mol. The first-order chi connectivity index (χ1) is 13.5. The molecular weight excluding hydrogens is 424 g/mol. The number of carbonyl (C=O) groups is 4. The van der Waals surface area contributed by atoms with Gasteiger partial charge in [0, 0.05) is 0 Å². The van der Waals surface area contributed by atoms with Crippen LogP contribution >= 0.6 is 21.6 Å². The maximum absolute atomic E-state index is 12.7. The first-order valence-electron chi connectivity index (χ1n) is 8.96. The van der Waals surface area contributed by atoms with E-state index in [2.05, 4.69) is 26.3 Å². The average molecular weight is 455 g/mol. The summed E-state index contributed by atoms with van der Waals surface area (Å²) in [5.74, 6) is -2.71. The lowest BCUT2D eigenvalue weighted by Gasteiger charge is -2.34. The number of hydrogen-bond acceptors (Lipinski definition) is 8. The molecule has 0 heterocycles. The Kier molecular flexibility index (Phi) is 9.92. The van der Waals surface area contributed by atoms with Crippen molar-refractivity contribution in [2.24, 2.45) is 10.8 Å². The van der Waals surface area contributed by atoms with Crippen molar-refractivity contribution in [3.63, 3.8) is 0 Å². The van der Waals surface area contributed by atoms with Crippen LogP contribution in [-0.2, 0) is 19.2 Å². The van der Waals surface area contributed by atoms with E-state index in [1.54, 1.807) is 0 Å². The van der Waals surface area contributed by atoms with E-state index in [9.17, 15) is 29.4 Å². The second kappa shape index (κ2) is 10.5. The zero-order chi connectivity index (χ0) is 24.2. The SMILES string of the molecule is C=C(C)C(=O)C(C)(C(=O)C(=C)C)C(O)SSC(O)C(C)(C(=O)C(=C)C)C(=O)C(=C)C. The first kappa shape index (κ1) is 28.3. The van der Waals surface area contributed by atoms with E-state index >= 15 is 0 Å². The van der Waals surface area contributed by atoms with Gasteiger partial charge in [0.15, 0.2) is 23.1 Å². The summed E-state index contributed by atoms with van der Waals surface area (Å²) in [6.07, 6.45) is 0. The highest BCUT2D eigenvalue weighted by Gasteiger charge is 2.51. The van der Waals surface area contributed by atoms with Gasteiger partial charge in [-0.1, -0.05) is 47.9 Å². The second-order valence-electron chi connectivity index (χ2n) is 7.74. The predicted octanol–water partition coefficient (Wildman–Crippen LogP) is 3.60. The van der Waals surface area contributed by atoms with Crippen molar-refractivity contribution in [1.82, 2.24) is 0 Å². The van der Waals surface area contributed by atoms with E-state index in [0.717, 1.165) is 0 Å². The number of hydrogen-bond donors (Lipinski definition) is 2. The van der Waals surface area contributed by atoms with Crippen LogP contribution in [0, 0.1) is 10.8 Å². The maximum Gasteiger partial charge on any atom is 0.175 e. The lowest BCUT2D eigenvalue weighted by molar-refractivity contribution is -0.140. The van der Waals surface area contributed by atoms with Gasteiger partial charge in [0.2, 0.25) is 0 Å². The summed E-state index contributed by atoms with van der Waals surface area (Å²) in [4.78, 5) is 50.6. The highest BCUT2D eigenvalue weighted by atomic mass is 33.1. The fourth-order valence-corrected chi connectivity index (χ4v) is 5.54. The molecule has 8 heteroatoms. The lowest BCUT2D eigenvalue weighted by Crippen LogP contribution is -2.47. The van der Waals surface area contributed by atoms with E-state index < -0.39 is 44.8 Å². The molecule has 166 valence electrons. The highest BCUT2D eigenvalue weighted by molar-refractivity contribution is 8.77. The molecule has 0 aliphatic rings. The number of ketones is 4. The normalized spacial score (nSPS) is 13.7. The molecule has 0 amide bonds. The quantitative estimate of drug-likeness (QED) is 0.188. The standard InChI is InChI=1S/C22H30O6S2/c1-11(2)15(23)21(9,16(24)12(3)4)19(27)29-30-20(28)22(10,17(25)13(5)6)18(26)14(7)8/h19-20,27-28H,1,3,5,7H2,2,4,6,8-10H3. The number of allylic oxidation sites excluding steroid dienone is 4. The summed E-state index contributed by atoms with van der Waals surface area (Å²) in [5, 5.41) is 21.4. The van der Waals surface area contributed by atoms with Crippen molar-refractivity contribution in [2.75, 3.05) is 0 Å². The molecule has 0 fully saturated rings. The molecule has 0 aromatic carbocycles. The van der Waals surface area contributed by atoms with E-state index in [1.165, 1.54) is 41.5 Å². The van der Waals surface area contributed by atoms with Gasteiger partial charge >= 0.3 is 0 Å². The minimum absolute atomic E-state index is 0.0667. The van der Waals surface area contributed by atoms with E-state index in [-0.39, 0.29) is 22.3 Å². The number of aliphatic hydroxyl groups excluding tert-OH is 2. The Balaban J connectivity index is 5.99. The van der Waals surface area contributed by atoms with Crippen LogP contribution in [0.25, 0.3) is 0 Å². The van der Waals surface area contributed by atoms with Crippen LogP contribution in [0.15, 0.2) is 48.6 Å². The Morgan fingerprint density at radius 2 is 0.767 bits per heavy atom. The third kappa shape index (κ3) is 5.49. The van der Waals surface area contributed by atoms with Crippen LogP contribution < -0.4 is 0 Å². The molecule has 0 rings (SSSR count). The van der Waals surface area contributed by atoms with Gasteiger partial charge in [0.05, 0.1) is 0 Å². The second-order valence-corrected chi connectivity index (χ2v) is 10.2. The summed E-state index contributed by atoms with van der Waals surface area (Å²) in [7, 11) is 1.21. The molecule has 30 heavy (non-hydrogen) atoms. The predicted molar refractivity (Wildman–Crippen MR) is 123 cm³/mol. The molecule has 0 aromatic heterocycles. The third-order valence-corrected chi connectivity index (χ3v) is 7.51. The molecule has 2 N–H and O–H groups in total. The van der Waals surface area contributed by atoms with E-state index in [4.69, 9.17) is 0 Å². The third-order valence-electron chi connectivity index (χ3n) is 4.66. The van der Waals surface area contributed by atoms with E-state index in [0.29, 0.717) is 21.6 Å². The summed E-state index contributed by atoms with van der Waals surface area (Å²) >= 11 is 0. The molecule has 0 aromatic rings. The van der Waals surface area contributed by atoms with Crippen molar-refractivity contribution in [2.45, 2.75) is 52.4 Å². The molecule has 0 radical (unpaired) electrons. The van der Waals surface area contributed by atoms with Gasteiger partial charge in [0.25, 0.3) is 0 Å². The Morgan fingerprint density at radius 3 is 0.900 bits per heavy atom. The number of carbonyl (C=O) groups excluding carboxylic acids is 4. The number of aliphatic hydroxyl groups is 2. The van der Waals surface area contributed by atoms with Crippen LogP contribution in [0.4, 0.5) is 0 Å². The van der Waals surface area contributed by atoms with Gasteiger partial charge in [0.1, 0.15) is 21.7 Å². The molecule has 2 atom stereocenters. The van der Waals surface area contributed by atoms with Crippen molar-refractivity contribution < 1.29 is 29.4 Å². The van der Waals surface area contributed by atoms with Gasteiger partial charge in [-0.25, -0.2) is 0 Å². The van der Waals surface area contributed by atoms with Crippen molar-refractivity contribution in [3.8, 4) is 0 Å². The number of rotatable bonds is 13. The minimum Gasteiger partial charge on any atom is -0.380 e. The fraction of sp³-hybridized carbons (Fsp3) is 0.455. The van der Waals surface area contributed by atoms with Crippen molar-refractivity contribution in [1.29, 1.82) is 0 Å². The molecule has 0 aliphatic carbocycles. The van der Waals surface area contributed by atoms with Crippen molar-refractivity contribution in [3.05, 3.63) is 48.6 Å². The van der Waals surface area contributed by atoms with E-state index in [1.807, 2.05) is 0 Å². The zero-order valence-electron chi connectivity index (χ0n) is 18.3.